The molecule has 1 saturated carbocycles. The Balaban J connectivity index is 1.81. The van der Waals surface area contributed by atoms with Crippen LogP contribution in [0.1, 0.15) is 55.7 Å². The van der Waals surface area contributed by atoms with Crippen molar-refractivity contribution >= 4 is 0 Å². The molecule has 1 heterocycles. The molecule has 3 rings (SSSR count). The lowest BCUT2D eigenvalue weighted by molar-refractivity contribution is -0.177. The van der Waals surface area contributed by atoms with Crippen LogP contribution in [0, 0.1) is 11.8 Å². The number of hydrogen-bond acceptors (Lipinski definition) is 1. The van der Waals surface area contributed by atoms with E-state index in [1.165, 1.54) is 12.8 Å². The Morgan fingerprint density at radius 1 is 1.21 bits per heavy atom. The van der Waals surface area contributed by atoms with Gasteiger partial charge in [-0.25, -0.2) is 4.98 Å². The fourth-order valence-corrected chi connectivity index (χ4v) is 3.51. The van der Waals surface area contributed by atoms with Gasteiger partial charge in [-0.2, -0.15) is 13.2 Å². The highest BCUT2D eigenvalue weighted by Gasteiger charge is 2.42. The van der Waals surface area contributed by atoms with E-state index in [0.717, 1.165) is 23.6 Å². The molecular weight excluding hydrogens is 253 g/mol. The zero-order valence-corrected chi connectivity index (χ0v) is 11.1. The van der Waals surface area contributed by atoms with Gasteiger partial charge in [-0.1, -0.05) is 13.3 Å². The maximum Gasteiger partial charge on any atom is 0.392 e. The summed E-state index contributed by atoms with van der Waals surface area (Å²) < 4.78 is 38.3. The van der Waals surface area contributed by atoms with Gasteiger partial charge in [0, 0.05) is 18.0 Å². The van der Waals surface area contributed by atoms with Crippen molar-refractivity contribution < 1.29 is 13.2 Å². The van der Waals surface area contributed by atoms with Crippen molar-refractivity contribution in [1.82, 2.24) is 9.97 Å². The molecule has 1 N–H and O–H groups in total. The summed E-state index contributed by atoms with van der Waals surface area (Å²) in [7, 11) is 0. The zero-order valence-electron chi connectivity index (χ0n) is 11.1. The summed E-state index contributed by atoms with van der Waals surface area (Å²) in [6, 6.07) is 0. The Hall–Kier alpha value is -1.00. The Morgan fingerprint density at radius 3 is 2.63 bits per heavy atom. The van der Waals surface area contributed by atoms with Gasteiger partial charge in [-0.3, -0.25) is 0 Å². The highest BCUT2D eigenvalue weighted by Crippen LogP contribution is 2.40. The molecule has 2 nitrogen and oxygen atoms in total. The van der Waals surface area contributed by atoms with E-state index < -0.39 is 12.1 Å². The molecule has 0 amide bonds. The molecule has 1 aromatic heterocycles. The first-order valence-corrected chi connectivity index (χ1v) is 7.09. The minimum Gasteiger partial charge on any atom is -0.345 e. The molecule has 2 aliphatic carbocycles. The first-order chi connectivity index (χ1) is 8.95. The van der Waals surface area contributed by atoms with E-state index in [9.17, 15) is 13.2 Å². The summed E-state index contributed by atoms with van der Waals surface area (Å²) in [5, 5.41) is 0. The first-order valence-electron chi connectivity index (χ1n) is 7.09. The number of alkyl halides is 3. The molecule has 0 spiro atoms. The van der Waals surface area contributed by atoms with Crippen LogP contribution in [0.5, 0.6) is 0 Å². The number of nitrogens with one attached hydrogen (secondary N) is 1. The van der Waals surface area contributed by atoms with Crippen LogP contribution in [0.25, 0.3) is 0 Å². The van der Waals surface area contributed by atoms with Gasteiger partial charge in [0.1, 0.15) is 5.82 Å². The molecular formula is C14H19F3N2. The SMILES string of the molecule is CC1CCCC1c1nc2c([nH]1)CC(C(F)(F)F)CC2. The van der Waals surface area contributed by atoms with Crippen LogP contribution in [0.4, 0.5) is 13.2 Å². The first kappa shape index (κ1) is 13.0. The number of aryl methyl sites for hydroxylation is 1. The standard InChI is InChI=1S/C14H19F3N2/c1-8-3-2-4-10(8)13-18-11-6-5-9(14(15,16)17)7-12(11)19-13/h8-10H,2-7H2,1H3,(H,18,19). The number of aromatic nitrogens is 2. The van der Waals surface area contributed by atoms with Gasteiger partial charge in [0.15, 0.2) is 0 Å². The molecule has 5 heteroatoms. The van der Waals surface area contributed by atoms with E-state index in [2.05, 4.69) is 16.9 Å². The van der Waals surface area contributed by atoms with Crippen LogP contribution in [-0.4, -0.2) is 16.1 Å². The summed E-state index contributed by atoms with van der Waals surface area (Å²) in [5.74, 6) is 0.730. The second-order valence-corrected chi connectivity index (χ2v) is 6.04. The van der Waals surface area contributed by atoms with Crippen LogP contribution in [0.15, 0.2) is 0 Å². The van der Waals surface area contributed by atoms with Crippen molar-refractivity contribution in [3.63, 3.8) is 0 Å². The second kappa shape index (κ2) is 4.53. The molecule has 19 heavy (non-hydrogen) atoms. The van der Waals surface area contributed by atoms with Gasteiger partial charge in [-0.05, 0) is 31.6 Å². The van der Waals surface area contributed by atoms with Gasteiger partial charge < -0.3 is 4.98 Å². The molecule has 106 valence electrons. The van der Waals surface area contributed by atoms with Gasteiger partial charge in [0.25, 0.3) is 0 Å². The predicted molar refractivity (Wildman–Crippen MR) is 65.9 cm³/mol. The van der Waals surface area contributed by atoms with Crippen LogP contribution in [0.3, 0.4) is 0 Å². The van der Waals surface area contributed by atoms with Crippen molar-refractivity contribution in [2.75, 3.05) is 0 Å². The van der Waals surface area contributed by atoms with E-state index in [-0.39, 0.29) is 12.8 Å². The van der Waals surface area contributed by atoms with Crippen LogP contribution in [0.2, 0.25) is 0 Å². The van der Waals surface area contributed by atoms with E-state index in [0.29, 0.717) is 18.3 Å². The van der Waals surface area contributed by atoms with Crippen molar-refractivity contribution in [3.8, 4) is 0 Å². The van der Waals surface area contributed by atoms with Crippen LogP contribution >= 0.6 is 0 Å². The third-order valence-electron chi connectivity index (χ3n) is 4.74. The van der Waals surface area contributed by atoms with E-state index in [1.54, 1.807) is 0 Å². The molecule has 0 bridgehead atoms. The van der Waals surface area contributed by atoms with Crippen molar-refractivity contribution in [1.29, 1.82) is 0 Å². The minimum absolute atomic E-state index is 0.0763. The monoisotopic (exact) mass is 272 g/mol. The molecule has 0 saturated heterocycles. The summed E-state index contributed by atoms with van der Waals surface area (Å²) in [6.07, 6.45) is 0.133. The number of imidazole rings is 1. The second-order valence-electron chi connectivity index (χ2n) is 6.04. The third kappa shape index (κ3) is 2.39. The number of aromatic amines is 1. The number of H-pyrrole nitrogens is 1. The molecule has 3 atom stereocenters. The number of halogens is 3. The van der Waals surface area contributed by atoms with Crippen molar-refractivity contribution in [2.24, 2.45) is 11.8 Å². The topological polar surface area (TPSA) is 28.7 Å². The molecule has 3 unspecified atom stereocenters. The fraction of sp³-hybridized carbons (Fsp3) is 0.786. The van der Waals surface area contributed by atoms with Gasteiger partial charge in [0.2, 0.25) is 0 Å². The number of hydrogen-bond donors (Lipinski definition) is 1. The normalized spacial score (nSPS) is 31.5. The average molecular weight is 272 g/mol. The van der Waals surface area contributed by atoms with Crippen LogP contribution in [-0.2, 0) is 12.8 Å². The van der Waals surface area contributed by atoms with Crippen molar-refractivity contribution in [2.45, 2.75) is 57.5 Å². The summed E-state index contributed by atoms with van der Waals surface area (Å²) in [6.45, 7) is 2.21. The average Bonchev–Trinajstić information content (AvgIpc) is 2.91. The Labute approximate surface area is 110 Å². The molecule has 1 aromatic rings. The molecule has 0 aliphatic heterocycles. The predicted octanol–water partition coefficient (Wildman–Crippen LogP) is 3.98. The Morgan fingerprint density at radius 2 is 2.00 bits per heavy atom. The maximum absolute atomic E-state index is 12.8. The molecule has 0 radical (unpaired) electrons. The highest BCUT2D eigenvalue weighted by atomic mass is 19.4. The minimum atomic E-state index is -4.08. The third-order valence-corrected chi connectivity index (χ3v) is 4.74. The molecule has 2 aliphatic rings. The smallest absolute Gasteiger partial charge is 0.345 e. The van der Waals surface area contributed by atoms with E-state index in [1.807, 2.05) is 0 Å². The van der Waals surface area contributed by atoms with Gasteiger partial charge in [0.05, 0.1) is 11.6 Å². The summed E-state index contributed by atoms with van der Waals surface area (Å²) in [5.41, 5.74) is 1.59. The maximum atomic E-state index is 12.8. The molecule has 1 fully saturated rings. The number of nitrogens with zero attached hydrogens (tertiary/aromatic N) is 1. The quantitative estimate of drug-likeness (QED) is 0.823. The number of fused-ring (bicyclic) bond motifs is 1. The Bertz CT molecular complexity index is 464. The zero-order chi connectivity index (χ0) is 13.6. The lowest BCUT2D eigenvalue weighted by Gasteiger charge is -2.23. The van der Waals surface area contributed by atoms with Crippen LogP contribution < -0.4 is 0 Å². The summed E-state index contributed by atoms with van der Waals surface area (Å²) in [4.78, 5) is 7.77. The lowest BCUT2D eigenvalue weighted by atomic mass is 9.89. The highest BCUT2D eigenvalue weighted by molar-refractivity contribution is 5.21. The molecule has 0 aromatic carbocycles. The lowest BCUT2D eigenvalue weighted by Crippen LogP contribution is -2.28. The van der Waals surface area contributed by atoms with Crippen molar-refractivity contribution in [3.05, 3.63) is 17.2 Å². The van der Waals surface area contributed by atoms with E-state index >= 15 is 0 Å². The van der Waals surface area contributed by atoms with Gasteiger partial charge >= 0.3 is 6.18 Å². The number of rotatable bonds is 1. The Kier molecular flexibility index (Phi) is 3.10. The summed E-state index contributed by atoms with van der Waals surface area (Å²) >= 11 is 0. The van der Waals surface area contributed by atoms with Gasteiger partial charge in [-0.15, -0.1) is 0 Å². The largest absolute Gasteiger partial charge is 0.392 e. The van der Waals surface area contributed by atoms with E-state index in [4.69, 9.17) is 0 Å². The fourth-order valence-electron chi connectivity index (χ4n) is 3.51.